The Morgan fingerprint density at radius 3 is 2.95 bits per heavy atom. The molecule has 0 amide bonds. The maximum atomic E-state index is 11.0. The highest BCUT2D eigenvalue weighted by molar-refractivity contribution is 9.10. The summed E-state index contributed by atoms with van der Waals surface area (Å²) in [5.74, 6) is -0.0272. The first kappa shape index (κ1) is 17.6. The van der Waals surface area contributed by atoms with Gasteiger partial charge in [0.25, 0.3) is 0 Å². The third-order valence-electron chi connectivity index (χ3n) is 3.18. The van der Waals surface area contributed by atoms with E-state index in [1.165, 1.54) is 0 Å². The Hall–Kier alpha value is -0.490. The molecule has 1 fully saturated rings. The lowest BCUT2D eigenvalue weighted by molar-refractivity contribution is -0.142. The first-order valence-corrected chi connectivity index (χ1v) is 7.30. The van der Waals surface area contributed by atoms with Crippen LogP contribution in [0.4, 0.5) is 0 Å². The largest absolute Gasteiger partial charge is 0.491 e. The monoisotopic (exact) mass is 383 g/mol. The van der Waals surface area contributed by atoms with Crippen molar-refractivity contribution >= 4 is 45.9 Å². The Morgan fingerprint density at radius 1 is 1.55 bits per heavy atom. The number of carboxylic acids is 1. The molecule has 1 N–H and O–H groups in total. The van der Waals surface area contributed by atoms with E-state index in [4.69, 9.17) is 21.4 Å². The molecule has 20 heavy (non-hydrogen) atoms. The normalized spacial score (nSPS) is 18.6. The van der Waals surface area contributed by atoms with Crippen LogP contribution >= 0.6 is 39.9 Å². The number of halogens is 3. The van der Waals surface area contributed by atoms with Crippen molar-refractivity contribution in [3.63, 3.8) is 0 Å². The quantitative estimate of drug-likeness (QED) is 0.844. The van der Waals surface area contributed by atoms with Crippen molar-refractivity contribution in [1.82, 2.24) is 4.90 Å². The van der Waals surface area contributed by atoms with E-state index < -0.39 is 5.97 Å². The van der Waals surface area contributed by atoms with Gasteiger partial charge in [0.15, 0.2) is 0 Å². The van der Waals surface area contributed by atoms with Crippen molar-refractivity contribution in [2.24, 2.45) is 0 Å². The van der Waals surface area contributed by atoms with Gasteiger partial charge in [0.2, 0.25) is 0 Å². The first-order valence-electron chi connectivity index (χ1n) is 6.12. The summed E-state index contributed by atoms with van der Waals surface area (Å²) < 4.78 is 6.44. The fraction of sp³-hybridized carbons (Fsp3) is 0.462. The highest BCUT2D eigenvalue weighted by Crippen LogP contribution is 2.28. The number of carboxylic acid groups (broad SMARTS) is 1. The van der Waals surface area contributed by atoms with Gasteiger partial charge in [-0.25, -0.2) is 0 Å². The van der Waals surface area contributed by atoms with Crippen molar-refractivity contribution in [1.29, 1.82) is 0 Å². The number of aliphatic carboxylic acids is 1. The summed E-state index contributed by atoms with van der Waals surface area (Å²) in [5, 5.41) is 9.71. The molecular formula is C13H16BrCl2NO3. The van der Waals surface area contributed by atoms with Gasteiger partial charge < -0.3 is 9.84 Å². The number of hydrogen-bond donors (Lipinski definition) is 1. The van der Waals surface area contributed by atoms with Crippen LogP contribution in [-0.4, -0.2) is 41.7 Å². The average molecular weight is 385 g/mol. The second-order valence-electron chi connectivity index (χ2n) is 4.46. The molecule has 0 saturated carbocycles. The molecular weight excluding hydrogens is 369 g/mol. The zero-order valence-corrected chi connectivity index (χ0v) is 13.9. The van der Waals surface area contributed by atoms with E-state index in [-0.39, 0.29) is 18.4 Å². The van der Waals surface area contributed by atoms with E-state index >= 15 is 0 Å². The van der Waals surface area contributed by atoms with Gasteiger partial charge in [-0.05, 0) is 53.5 Å². The second-order valence-corrected chi connectivity index (χ2v) is 5.75. The number of likely N-dealkylation sites (tertiary alicyclic amines) is 1. The SMILES string of the molecule is Cl.O=C(O)C1CCCN1CCOc1ccc(Cl)cc1Br. The van der Waals surface area contributed by atoms with Gasteiger partial charge in [-0.1, -0.05) is 11.6 Å². The summed E-state index contributed by atoms with van der Waals surface area (Å²) >= 11 is 9.23. The fourth-order valence-corrected chi connectivity index (χ4v) is 3.04. The summed E-state index contributed by atoms with van der Waals surface area (Å²) in [7, 11) is 0. The number of ether oxygens (including phenoxy) is 1. The summed E-state index contributed by atoms with van der Waals surface area (Å²) in [6, 6.07) is 4.97. The first-order chi connectivity index (χ1) is 9.08. The number of rotatable bonds is 5. The highest BCUT2D eigenvalue weighted by Gasteiger charge is 2.29. The van der Waals surface area contributed by atoms with E-state index in [0.717, 1.165) is 29.6 Å². The summed E-state index contributed by atoms with van der Waals surface area (Å²) in [5.41, 5.74) is 0. The third-order valence-corrected chi connectivity index (χ3v) is 4.03. The van der Waals surface area contributed by atoms with Crippen molar-refractivity contribution in [3.8, 4) is 5.75 Å². The molecule has 1 saturated heterocycles. The molecule has 0 spiro atoms. The van der Waals surface area contributed by atoms with Gasteiger partial charge in [0.1, 0.15) is 18.4 Å². The molecule has 1 aromatic rings. The standard InChI is InChI=1S/C13H15BrClNO3.ClH/c14-10-8-9(15)3-4-12(10)19-7-6-16-5-1-2-11(16)13(17)18;/h3-4,8,11H,1-2,5-7H2,(H,17,18);1H. The van der Waals surface area contributed by atoms with Crippen molar-refractivity contribution < 1.29 is 14.6 Å². The van der Waals surface area contributed by atoms with Crippen LogP contribution in [0, 0.1) is 0 Å². The van der Waals surface area contributed by atoms with Crippen LogP contribution in [0.5, 0.6) is 5.75 Å². The van der Waals surface area contributed by atoms with Crippen LogP contribution in [0.25, 0.3) is 0 Å². The predicted molar refractivity (Wildman–Crippen MR) is 84.1 cm³/mol. The van der Waals surface area contributed by atoms with Crippen molar-refractivity contribution in [2.45, 2.75) is 18.9 Å². The zero-order valence-electron chi connectivity index (χ0n) is 10.7. The molecule has 1 unspecified atom stereocenters. The maximum Gasteiger partial charge on any atom is 0.320 e. The van der Waals surface area contributed by atoms with E-state index in [0.29, 0.717) is 18.2 Å². The lowest BCUT2D eigenvalue weighted by Gasteiger charge is -2.21. The molecule has 1 aromatic carbocycles. The lowest BCUT2D eigenvalue weighted by Crippen LogP contribution is -2.38. The molecule has 7 heteroatoms. The topological polar surface area (TPSA) is 49.8 Å². The summed E-state index contributed by atoms with van der Waals surface area (Å²) in [6.45, 7) is 1.90. The van der Waals surface area contributed by atoms with Gasteiger partial charge in [0.05, 0.1) is 4.47 Å². The van der Waals surface area contributed by atoms with E-state index in [1.54, 1.807) is 18.2 Å². The minimum absolute atomic E-state index is 0. The Labute approximate surface area is 137 Å². The van der Waals surface area contributed by atoms with Crippen molar-refractivity contribution in [3.05, 3.63) is 27.7 Å². The molecule has 0 bridgehead atoms. The number of hydrogen-bond acceptors (Lipinski definition) is 3. The molecule has 0 radical (unpaired) electrons. The second kappa shape index (κ2) is 8.08. The smallest absolute Gasteiger partial charge is 0.320 e. The third kappa shape index (κ3) is 4.52. The Bertz CT molecular complexity index is 473. The number of carbonyl (C=O) groups is 1. The van der Waals surface area contributed by atoms with Crippen LogP contribution in [-0.2, 0) is 4.79 Å². The molecule has 1 atom stereocenters. The number of nitrogens with zero attached hydrogens (tertiary/aromatic N) is 1. The zero-order chi connectivity index (χ0) is 13.8. The van der Waals surface area contributed by atoms with E-state index in [1.807, 2.05) is 4.90 Å². The van der Waals surface area contributed by atoms with Gasteiger partial charge in [0, 0.05) is 11.6 Å². The Morgan fingerprint density at radius 2 is 2.30 bits per heavy atom. The molecule has 0 aromatic heterocycles. The summed E-state index contributed by atoms with van der Waals surface area (Å²) in [4.78, 5) is 13.0. The van der Waals surface area contributed by atoms with Gasteiger partial charge >= 0.3 is 5.97 Å². The van der Waals surface area contributed by atoms with Gasteiger partial charge in [-0.2, -0.15) is 0 Å². The van der Waals surface area contributed by atoms with Crippen molar-refractivity contribution in [2.75, 3.05) is 19.7 Å². The van der Waals surface area contributed by atoms with Crippen LogP contribution in [0.2, 0.25) is 5.02 Å². The minimum Gasteiger partial charge on any atom is -0.491 e. The van der Waals surface area contributed by atoms with E-state index in [9.17, 15) is 4.79 Å². The average Bonchev–Trinajstić information content (AvgIpc) is 2.80. The van der Waals surface area contributed by atoms with Crippen LogP contribution in [0.15, 0.2) is 22.7 Å². The molecule has 0 aliphatic carbocycles. The Kier molecular flexibility index (Phi) is 7.09. The lowest BCUT2D eigenvalue weighted by atomic mass is 10.2. The maximum absolute atomic E-state index is 11.0. The fourth-order valence-electron chi connectivity index (χ4n) is 2.24. The molecule has 2 rings (SSSR count). The summed E-state index contributed by atoms with van der Waals surface area (Å²) in [6.07, 6.45) is 1.65. The van der Waals surface area contributed by atoms with Gasteiger partial charge in [-0.3, -0.25) is 9.69 Å². The Balaban J connectivity index is 0.00000200. The van der Waals surface area contributed by atoms with Gasteiger partial charge in [-0.15, -0.1) is 12.4 Å². The number of benzene rings is 1. The van der Waals surface area contributed by atoms with Crippen LogP contribution in [0.3, 0.4) is 0 Å². The predicted octanol–water partition coefficient (Wildman–Crippen LogP) is 3.45. The minimum atomic E-state index is -0.745. The highest BCUT2D eigenvalue weighted by atomic mass is 79.9. The molecule has 1 heterocycles. The molecule has 1 aliphatic heterocycles. The van der Waals surface area contributed by atoms with Crippen LogP contribution < -0.4 is 4.74 Å². The molecule has 112 valence electrons. The van der Waals surface area contributed by atoms with Crippen LogP contribution in [0.1, 0.15) is 12.8 Å². The molecule has 4 nitrogen and oxygen atoms in total. The molecule has 1 aliphatic rings. The van der Waals surface area contributed by atoms with E-state index in [2.05, 4.69) is 15.9 Å².